The van der Waals surface area contributed by atoms with Gasteiger partial charge in [-0.15, -0.1) is 11.3 Å². The molecule has 0 aromatic carbocycles. The number of likely N-dealkylation sites (tertiary alicyclic amines) is 1. The van der Waals surface area contributed by atoms with E-state index in [0.717, 1.165) is 31.1 Å². The van der Waals surface area contributed by atoms with Crippen molar-refractivity contribution >= 4 is 17.2 Å². The van der Waals surface area contributed by atoms with Gasteiger partial charge in [0, 0.05) is 42.9 Å². The number of aromatic amines is 1. The maximum Gasteiger partial charge on any atom is 0.269 e. The van der Waals surface area contributed by atoms with Crippen molar-refractivity contribution in [1.82, 2.24) is 25.4 Å². The zero-order valence-electron chi connectivity index (χ0n) is 12.9. The van der Waals surface area contributed by atoms with Crippen LogP contribution in [-0.4, -0.2) is 45.1 Å². The largest absolute Gasteiger partial charge is 0.348 e. The Labute approximate surface area is 133 Å². The molecule has 1 aliphatic heterocycles. The van der Waals surface area contributed by atoms with E-state index in [9.17, 15) is 4.79 Å². The van der Waals surface area contributed by atoms with Gasteiger partial charge in [0.1, 0.15) is 5.69 Å². The fourth-order valence-electron chi connectivity index (χ4n) is 2.92. The van der Waals surface area contributed by atoms with Gasteiger partial charge in [-0.25, -0.2) is 4.98 Å². The molecule has 7 heteroatoms. The molecule has 1 aliphatic rings. The number of nitrogens with one attached hydrogen (secondary N) is 2. The number of amides is 1. The van der Waals surface area contributed by atoms with Crippen LogP contribution in [0, 0.1) is 12.8 Å². The van der Waals surface area contributed by atoms with E-state index in [-0.39, 0.29) is 11.9 Å². The Balaban J connectivity index is 1.52. The van der Waals surface area contributed by atoms with Gasteiger partial charge in [0.25, 0.3) is 5.91 Å². The summed E-state index contributed by atoms with van der Waals surface area (Å²) >= 11 is 1.76. The van der Waals surface area contributed by atoms with Crippen LogP contribution in [0.4, 0.5) is 0 Å². The van der Waals surface area contributed by atoms with Gasteiger partial charge in [-0.2, -0.15) is 5.10 Å². The molecular weight excluding hydrogens is 298 g/mol. The topological polar surface area (TPSA) is 73.9 Å². The molecule has 3 rings (SSSR count). The third kappa shape index (κ3) is 3.53. The maximum atomic E-state index is 12.1. The van der Waals surface area contributed by atoms with Crippen molar-refractivity contribution in [3.63, 3.8) is 0 Å². The number of hydrogen-bond donors (Lipinski definition) is 2. The average Bonchev–Trinajstić information content (AvgIpc) is 3.13. The second-order valence-electron chi connectivity index (χ2n) is 5.90. The van der Waals surface area contributed by atoms with Crippen molar-refractivity contribution < 1.29 is 4.79 Å². The monoisotopic (exact) mass is 319 g/mol. The molecule has 2 aromatic heterocycles. The molecule has 0 spiro atoms. The molecule has 0 saturated carbocycles. The zero-order valence-corrected chi connectivity index (χ0v) is 13.7. The van der Waals surface area contributed by atoms with Gasteiger partial charge in [-0.05, 0) is 25.3 Å². The zero-order chi connectivity index (χ0) is 15.5. The summed E-state index contributed by atoms with van der Waals surface area (Å²) in [6, 6.07) is 1.91. The number of piperidine rings is 1. The van der Waals surface area contributed by atoms with Gasteiger partial charge < -0.3 is 5.32 Å². The molecule has 1 fully saturated rings. The SMILES string of the molecule is Cc1ncc(CN2CC[C@@H](NC(=O)c3ccn[nH]3)[C@H](C)C2)s1. The molecule has 0 radical (unpaired) electrons. The predicted octanol–water partition coefficient (Wildman–Crippen LogP) is 1.82. The summed E-state index contributed by atoms with van der Waals surface area (Å²) in [4.78, 5) is 20.2. The van der Waals surface area contributed by atoms with Gasteiger partial charge in [0.05, 0.1) is 5.01 Å². The van der Waals surface area contributed by atoms with Crippen LogP contribution in [0.1, 0.15) is 33.7 Å². The number of aromatic nitrogens is 3. The van der Waals surface area contributed by atoms with Crippen LogP contribution in [0.15, 0.2) is 18.5 Å². The summed E-state index contributed by atoms with van der Waals surface area (Å²) in [5.41, 5.74) is 0.523. The van der Waals surface area contributed by atoms with Gasteiger partial charge in [-0.1, -0.05) is 6.92 Å². The number of carbonyl (C=O) groups is 1. The Morgan fingerprint density at radius 2 is 2.45 bits per heavy atom. The average molecular weight is 319 g/mol. The summed E-state index contributed by atoms with van der Waals surface area (Å²) in [6.45, 7) is 7.17. The van der Waals surface area contributed by atoms with Crippen molar-refractivity contribution in [1.29, 1.82) is 0 Å². The Morgan fingerprint density at radius 3 is 3.09 bits per heavy atom. The molecule has 0 aliphatic carbocycles. The highest BCUT2D eigenvalue weighted by Crippen LogP contribution is 2.21. The van der Waals surface area contributed by atoms with E-state index in [2.05, 4.69) is 32.3 Å². The summed E-state index contributed by atoms with van der Waals surface area (Å²) in [7, 11) is 0. The fraction of sp³-hybridized carbons (Fsp3) is 0.533. The van der Waals surface area contributed by atoms with E-state index in [4.69, 9.17) is 0 Å². The molecule has 1 saturated heterocycles. The Bertz CT molecular complexity index is 624. The molecular formula is C15H21N5OS. The highest BCUT2D eigenvalue weighted by molar-refractivity contribution is 7.11. The van der Waals surface area contributed by atoms with Crippen LogP contribution in [0.2, 0.25) is 0 Å². The third-order valence-corrected chi connectivity index (χ3v) is 5.00. The van der Waals surface area contributed by atoms with Crippen LogP contribution in [0.5, 0.6) is 0 Å². The lowest BCUT2D eigenvalue weighted by Crippen LogP contribution is -2.49. The van der Waals surface area contributed by atoms with E-state index in [0.29, 0.717) is 11.6 Å². The van der Waals surface area contributed by atoms with Crippen molar-refractivity contribution in [3.05, 3.63) is 34.0 Å². The molecule has 0 bridgehead atoms. The van der Waals surface area contributed by atoms with Crippen molar-refractivity contribution in [3.8, 4) is 0 Å². The van der Waals surface area contributed by atoms with Gasteiger partial charge >= 0.3 is 0 Å². The minimum absolute atomic E-state index is 0.0686. The highest BCUT2D eigenvalue weighted by atomic mass is 32.1. The highest BCUT2D eigenvalue weighted by Gasteiger charge is 2.28. The number of carbonyl (C=O) groups excluding carboxylic acids is 1. The standard InChI is InChI=1S/C15H21N5OS/c1-10-8-20(9-12-7-16-11(2)22-12)6-4-13(10)18-15(21)14-3-5-17-19-14/h3,5,7,10,13H,4,6,8-9H2,1-2H3,(H,17,19)(H,18,21)/t10-,13-/m1/s1. The molecule has 2 N–H and O–H groups in total. The smallest absolute Gasteiger partial charge is 0.269 e. The molecule has 3 heterocycles. The Hall–Kier alpha value is -1.73. The predicted molar refractivity (Wildman–Crippen MR) is 85.8 cm³/mol. The summed E-state index contributed by atoms with van der Waals surface area (Å²) < 4.78 is 0. The van der Waals surface area contributed by atoms with Crippen molar-refractivity contribution in [2.45, 2.75) is 32.9 Å². The van der Waals surface area contributed by atoms with Crippen molar-refractivity contribution in [2.75, 3.05) is 13.1 Å². The molecule has 22 heavy (non-hydrogen) atoms. The van der Waals surface area contributed by atoms with Crippen LogP contribution in [-0.2, 0) is 6.54 Å². The summed E-state index contributed by atoms with van der Waals surface area (Å²) in [5.74, 6) is 0.357. The first-order valence-corrected chi connectivity index (χ1v) is 8.37. The lowest BCUT2D eigenvalue weighted by Gasteiger charge is -2.36. The number of hydrogen-bond acceptors (Lipinski definition) is 5. The quantitative estimate of drug-likeness (QED) is 0.901. The number of H-pyrrole nitrogens is 1. The lowest BCUT2D eigenvalue weighted by molar-refractivity contribution is 0.0856. The minimum Gasteiger partial charge on any atom is -0.348 e. The Morgan fingerprint density at radius 1 is 1.59 bits per heavy atom. The molecule has 118 valence electrons. The second-order valence-corrected chi connectivity index (χ2v) is 7.22. The van der Waals surface area contributed by atoms with Gasteiger partial charge in [-0.3, -0.25) is 14.8 Å². The molecule has 2 aromatic rings. The minimum atomic E-state index is -0.0686. The molecule has 1 amide bonds. The number of rotatable bonds is 4. The van der Waals surface area contributed by atoms with E-state index >= 15 is 0 Å². The maximum absolute atomic E-state index is 12.1. The van der Waals surface area contributed by atoms with E-state index in [1.54, 1.807) is 23.6 Å². The lowest BCUT2D eigenvalue weighted by atomic mass is 9.93. The van der Waals surface area contributed by atoms with E-state index < -0.39 is 0 Å². The molecule has 0 unspecified atom stereocenters. The van der Waals surface area contributed by atoms with Gasteiger partial charge in [0.15, 0.2) is 0 Å². The molecule has 2 atom stereocenters. The normalized spacial score (nSPS) is 22.6. The number of aryl methyl sites for hydroxylation is 1. The van der Waals surface area contributed by atoms with E-state index in [1.807, 2.05) is 13.1 Å². The fourth-order valence-corrected chi connectivity index (χ4v) is 3.75. The third-order valence-electron chi connectivity index (χ3n) is 4.10. The van der Waals surface area contributed by atoms with Crippen molar-refractivity contribution in [2.24, 2.45) is 5.92 Å². The summed E-state index contributed by atoms with van der Waals surface area (Å²) in [5, 5.41) is 10.8. The van der Waals surface area contributed by atoms with Gasteiger partial charge in [0.2, 0.25) is 0 Å². The summed E-state index contributed by atoms with van der Waals surface area (Å²) in [6.07, 6.45) is 4.54. The van der Waals surface area contributed by atoms with Crippen LogP contribution < -0.4 is 5.32 Å². The van der Waals surface area contributed by atoms with Crippen LogP contribution >= 0.6 is 11.3 Å². The first-order valence-electron chi connectivity index (χ1n) is 7.55. The number of nitrogens with zero attached hydrogens (tertiary/aromatic N) is 3. The van der Waals surface area contributed by atoms with Crippen LogP contribution in [0.25, 0.3) is 0 Å². The first-order chi connectivity index (χ1) is 10.6. The number of thiazole rings is 1. The van der Waals surface area contributed by atoms with Crippen LogP contribution in [0.3, 0.4) is 0 Å². The second kappa shape index (κ2) is 6.58. The van der Waals surface area contributed by atoms with E-state index in [1.165, 1.54) is 4.88 Å². The first kappa shape index (κ1) is 15.2. The molecule has 6 nitrogen and oxygen atoms in total. The Kier molecular flexibility index (Phi) is 4.54.